The van der Waals surface area contributed by atoms with Gasteiger partial charge in [0.15, 0.2) is 0 Å². The zero-order valence-corrected chi connectivity index (χ0v) is 10.4. The van der Waals surface area contributed by atoms with Crippen molar-refractivity contribution in [2.24, 2.45) is 0 Å². The van der Waals surface area contributed by atoms with Gasteiger partial charge in [0, 0.05) is 11.7 Å². The molecule has 0 aromatic rings. The summed E-state index contributed by atoms with van der Waals surface area (Å²) in [6.45, 7) is 15.2. The van der Waals surface area contributed by atoms with Crippen LogP contribution in [0.15, 0.2) is 36.8 Å². The lowest BCUT2D eigenvalue weighted by Crippen LogP contribution is -2.17. The third-order valence-corrected chi connectivity index (χ3v) is 3.16. The molecular weight excluding hydrogens is 152 g/mol. The third-order valence-electron chi connectivity index (χ3n) is 1.05. The fourth-order valence-electron chi connectivity index (χ4n) is 0.0833. The Balaban J connectivity index is -0.000000140. The first-order valence-electron chi connectivity index (χ1n) is 3.38. The SMILES string of the molecule is C=C[SiH3].C=C[Si](C)(C)C=C.[HH]. The monoisotopic (exact) mass is 172 g/mol. The Morgan fingerprint density at radius 3 is 1.40 bits per heavy atom. The molecule has 0 atom stereocenters. The van der Waals surface area contributed by atoms with Gasteiger partial charge < -0.3 is 0 Å². The maximum atomic E-state index is 3.69. The molecule has 0 saturated carbocycles. The molecule has 10 heavy (non-hydrogen) atoms. The summed E-state index contributed by atoms with van der Waals surface area (Å²) in [6, 6.07) is 0. The smallest absolute Gasteiger partial charge is 0.0942 e. The van der Waals surface area contributed by atoms with E-state index in [0.717, 1.165) is 10.2 Å². The van der Waals surface area contributed by atoms with Crippen LogP contribution in [0.5, 0.6) is 0 Å². The molecular formula is C8H20Si2. The van der Waals surface area contributed by atoms with Crippen molar-refractivity contribution >= 4 is 18.3 Å². The number of hydrogen-bond acceptors (Lipinski definition) is 0. The minimum atomic E-state index is -1.12. The molecule has 0 nitrogen and oxygen atoms in total. The van der Waals surface area contributed by atoms with Crippen LogP contribution in [0.3, 0.4) is 0 Å². The number of hydrogen-bond donors (Lipinski definition) is 0. The molecule has 0 radical (unpaired) electrons. The normalized spacial score (nSPS) is 9.00. The van der Waals surface area contributed by atoms with Gasteiger partial charge in [0.2, 0.25) is 0 Å². The summed E-state index contributed by atoms with van der Waals surface area (Å²) in [5.74, 6) is 0. The molecule has 0 aliphatic carbocycles. The predicted octanol–water partition coefficient (Wildman–Crippen LogP) is 1.89. The Labute approximate surface area is 70.3 Å². The first kappa shape index (κ1) is 12.3. The van der Waals surface area contributed by atoms with E-state index in [9.17, 15) is 0 Å². The van der Waals surface area contributed by atoms with Crippen LogP contribution in [0.4, 0.5) is 0 Å². The summed E-state index contributed by atoms with van der Waals surface area (Å²) in [5, 5.41) is 0. The van der Waals surface area contributed by atoms with E-state index in [4.69, 9.17) is 0 Å². The Morgan fingerprint density at radius 1 is 1.20 bits per heavy atom. The Bertz CT molecular complexity index is 109. The average molecular weight is 172 g/mol. The van der Waals surface area contributed by atoms with Crippen LogP contribution in [0.2, 0.25) is 13.1 Å². The average Bonchev–Trinajstić information content (AvgIpc) is 1.90. The van der Waals surface area contributed by atoms with Gasteiger partial charge in [0.25, 0.3) is 0 Å². The van der Waals surface area contributed by atoms with E-state index >= 15 is 0 Å². The van der Waals surface area contributed by atoms with Crippen molar-refractivity contribution < 1.29 is 1.43 Å². The van der Waals surface area contributed by atoms with Gasteiger partial charge in [0.1, 0.15) is 0 Å². The molecule has 0 amide bonds. The maximum absolute atomic E-state index is 3.69. The largest absolute Gasteiger partial charge is 0.112 e. The minimum absolute atomic E-state index is 0. The van der Waals surface area contributed by atoms with Crippen molar-refractivity contribution in [3.63, 3.8) is 0 Å². The van der Waals surface area contributed by atoms with E-state index in [1.54, 1.807) is 0 Å². The first-order chi connectivity index (χ1) is 4.54. The standard InChI is InChI=1S/C6H12Si.C2H6Si.H2/c1-5-7(3,4)6-2;1-2-3;/h5-6H,1-2H2,3-4H3;2H,1H2,3H3;1H. The van der Waals surface area contributed by atoms with Crippen LogP contribution in [0, 0.1) is 0 Å². The van der Waals surface area contributed by atoms with Gasteiger partial charge in [-0.15, -0.1) is 25.4 Å². The zero-order chi connectivity index (χ0) is 8.62. The first-order valence-corrected chi connectivity index (χ1v) is 7.69. The van der Waals surface area contributed by atoms with Crippen LogP contribution in [-0.2, 0) is 0 Å². The van der Waals surface area contributed by atoms with Gasteiger partial charge in [0.05, 0.1) is 8.07 Å². The summed E-state index contributed by atoms with van der Waals surface area (Å²) in [7, 11) is 0.00926. The van der Waals surface area contributed by atoms with E-state index in [-0.39, 0.29) is 1.43 Å². The molecule has 0 fully saturated rings. The molecule has 2 heteroatoms. The molecule has 0 bridgehead atoms. The highest BCUT2D eigenvalue weighted by Gasteiger charge is 2.07. The fourth-order valence-corrected chi connectivity index (χ4v) is 0.250. The van der Waals surface area contributed by atoms with Crippen molar-refractivity contribution in [1.82, 2.24) is 0 Å². The highest BCUT2D eigenvalue weighted by atomic mass is 28.3. The van der Waals surface area contributed by atoms with Crippen LogP contribution >= 0.6 is 0 Å². The minimum Gasteiger partial charge on any atom is -0.112 e. The van der Waals surface area contributed by atoms with E-state index in [2.05, 4.69) is 32.8 Å². The summed E-state index contributed by atoms with van der Waals surface area (Å²) in [6.07, 6.45) is 0. The number of rotatable bonds is 2. The van der Waals surface area contributed by atoms with Gasteiger partial charge in [-0.2, -0.15) is 0 Å². The van der Waals surface area contributed by atoms with Crippen molar-refractivity contribution in [2.45, 2.75) is 13.1 Å². The van der Waals surface area contributed by atoms with Crippen molar-refractivity contribution in [3.05, 3.63) is 36.8 Å². The second-order valence-corrected chi connectivity index (χ2v) is 7.91. The highest BCUT2D eigenvalue weighted by Crippen LogP contribution is 2.01. The summed E-state index contributed by atoms with van der Waals surface area (Å²) in [5.41, 5.74) is 5.92. The molecule has 0 N–H and O–H groups in total. The molecule has 0 saturated heterocycles. The van der Waals surface area contributed by atoms with Gasteiger partial charge >= 0.3 is 0 Å². The second kappa shape index (κ2) is 6.77. The van der Waals surface area contributed by atoms with Crippen molar-refractivity contribution in [2.75, 3.05) is 0 Å². The summed E-state index contributed by atoms with van der Waals surface area (Å²) < 4.78 is 0. The lowest BCUT2D eigenvalue weighted by atomic mass is 11.2. The van der Waals surface area contributed by atoms with Crippen molar-refractivity contribution in [3.8, 4) is 0 Å². The molecule has 0 aromatic carbocycles. The van der Waals surface area contributed by atoms with Crippen LogP contribution < -0.4 is 0 Å². The molecule has 0 heterocycles. The van der Waals surface area contributed by atoms with E-state index in [1.807, 2.05) is 17.1 Å². The molecule has 0 aromatic heterocycles. The van der Waals surface area contributed by atoms with Gasteiger partial charge in [-0.25, -0.2) is 0 Å². The summed E-state index contributed by atoms with van der Waals surface area (Å²) in [4.78, 5) is 0. The van der Waals surface area contributed by atoms with Crippen LogP contribution in [-0.4, -0.2) is 18.3 Å². The molecule has 0 unspecified atom stereocenters. The van der Waals surface area contributed by atoms with Gasteiger partial charge in [-0.1, -0.05) is 24.5 Å². The highest BCUT2D eigenvalue weighted by molar-refractivity contribution is 6.86. The fraction of sp³-hybridized carbons (Fsp3) is 0.250. The van der Waals surface area contributed by atoms with Gasteiger partial charge in [-0.3, -0.25) is 0 Å². The van der Waals surface area contributed by atoms with Crippen molar-refractivity contribution in [1.29, 1.82) is 0 Å². The molecule has 60 valence electrons. The third kappa shape index (κ3) is 10.6. The maximum Gasteiger partial charge on any atom is 0.0942 e. The molecule has 0 rings (SSSR count). The Hall–Kier alpha value is -0.346. The lowest BCUT2D eigenvalue weighted by molar-refractivity contribution is 1.86. The van der Waals surface area contributed by atoms with E-state index in [0.29, 0.717) is 0 Å². The zero-order valence-electron chi connectivity index (χ0n) is 7.35. The quantitative estimate of drug-likeness (QED) is 0.558. The molecule has 0 aliphatic rings. The van der Waals surface area contributed by atoms with Crippen LogP contribution in [0.1, 0.15) is 1.43 Å². The lowest BCUT2D eigenvalue weighted by Gasteiger charge is -2.07. The summed E-state index contributed by atoms with van der Waals surface area (Å²) >= 11 is 0. The van der Waals surface area contributed by atoms with Gasteiger partial charge in [-0.05, 0) is 0 Å². The predicted molar refractivity (Wildman–Crippen MR) is 60.1 cm³/mol. The topological polar surface area (TPSA) is 0 Å². The molecule has 0 spiro atoms. The van der Waals surface area contributed by atoms with E-state index in [1.165, 1.54) is 0 Å². The second-order valence-electron chi connectivity index (χ2n) is 2.64. The molecule has 0 aliphatic heterocycles. The van der Waals surface area contributed by atoms with E-state index < -0.39 is 8.07 Å². The Kier molecular flexibility index (Phi) is 8.35. The van der Waals surface area contributed by atoms with Crippen LogP contribution in [0.25, 0.3) is 0 Å². The Morgan fingerprint density at radius 2 is 1.40 bits per heavy atom.